The van der Waals surface area contributed by atoms with E-state index in [1.54, 1.807) is 0 Å². The first-order valence-electron chi connectivity index (χ1n) is 7.98. The molecule has 2 aliphatic heterocycles. The van der Waals surface area contributed by atoms with Gasteiger partial charge in [0.25, 0.3) is 0 Å². The molecule has 1 unspecified atom stereocenters. The molecule has 3 nitrogen and oxygen atoms in total. The second kappa shape index (κ2) is 4.88. The van der Waals surface area contributed by atoms with Crippen molar-refractivity contribution in [2.45, 2.75) is 44.6 Å². The number of hydrogen-bond acceptors (Lipinski definition) is 2. The second-order valence-electron chi connectivity index (χ2n) is 6.47. The number of amides is 1. The molecule has 0 radical (unpaired) electrons. The predicted octanol–water partition coefficient (Wildman–Crippen LogP) is 2.28. The summed E-state index contributed by atoms with van der Waals surface area (Å²) in [5.41, 5.74) is 3.96. The molecule has 1 saturated heterocycles. The predicted molar refractivity (Wildman–Crippen MR) is 80.0 cm³/mol. The third-order valence-corrected chi connectivity index (χ3v) is 4.88. The minimum absolute atomic E-state index is 0.323. The Bertz CT molecular complexity index is 530. The molecule has 2 fully saturated rings. The van der Waals surface area contributed by atoms with Crippen molar-refractivity contribution in [3.8, 4) is 0 Å². The SMILES string of the molecule is O=C(C1CC1)N1CCc2cc(CC3CCCN3)ccc21. The van der Waals surface area contributed by atoms with Gasteiger partial charge in [0.2, 0.25) is 5.91 Å². The molecule has 3 aliphatic rings. The third-order valence-electron chi connectivity index (χ3n) is 4.88. The highest BCUT2D eigenvalue weighted by Crippen LogP contribution is 2.36. The van der Waals surface area contributed by atoms with Gasteiger partial charge in [-0.15, -0.1) is 0 Å². The molecule has 3 heteroatoms. The molecular formula is C17H22N2O. The van der Waals surface area contributed by atoms with Crippen LogP contribution in [-0.2, 0) is 17.6 Å². The van der Waals surface area contributed by atoms with Crippen LogP contribution in [0.3, 0.4) is 0 Å². The Morgan fingerprint density at radius 2 is 2.20 bits per heavy atom. The Morgan fingerprint density at radius 1 is 1.30 bits per heavy atom. The highest BCUT2D eigenvalue weighted by molar-refractivity contribution is 5.98. The number of anilines is 1. The monoisotopic (exact) mass is 270 g/mol. The Hall–Kier alpha value is -1.35. The molecule has 4 rings (SSSR count). The number of carbonyl (C=O) groups excluding carboxylic acids is 1. The van der Waals surface area contributed by atoms with Gasteiger partial charge >= 0.3 is 0 Å². The summed E-state index contributed by atoms with van der Waals surface area (Å²) in [6.45, 7) is 2.05. The van der Waals surface area contributed by atoms with E-state index in [0.29, 0.717) is 17.9 Å². The van der Waals surface area contributed by atoms with E-state index < -0.39 is 0 Å². The maximum atomic E-state index is 12.2. The zero-order chi connectivity index (χ0) is 13.5. The van der Waals surface area contributed by atoms with Gasteiger partial charge in [-0.05, 0) is 62.3 Å². The van der Waals surface area contributed by atoms with Gasteiger partial charge in [-0.1, -0.05) is 12.1 Å². The van der Waals surface area contributed by atoms with E-state index >= 15 is 0 Å². The standard InChI is InChI=1S/C17H22N2O/c20-17(13-4-5-13)19-9-7-14-10-12(3-6-16(14)19)11-15-2-1-8-18-15/h3,6,10,13,15,18H,1-2,4-5,7-9,11H2. The fourth-order valence-electron chi connectivity index (χ4n) is 3.58. The first-order valence-corrected chi connectivity index (χ1v) is 7.98. The number of carbonyl (C=O) groups is 1. The van der Waals surface area contributed by atoms with Crippen LogP contribution in [0.1, 0.15) is 36.8 Å². The van der Waals surface area contributed by atoms with Gasteiger partial charge in [-0.3, -0.25) is 4.79 Å². The normalized spacial score (nSPS) is 25.0. The lowest BCUT2D eigenvalue weighted by atomic mass is 10.0. The first-order chi connectivity index (χ1) is 9.81. The van der Waals surface area contributed by atoms with Gasteiger partial charge < -0.3 is 10.2 Å². The maximum Gasteiger partial charge on any atom is 0.230 e. The Morgan fingerprint density at radius 3 is 2.95 bits per heavy atom. The van der Waals surface area contributed by atoms with Gasteiger partial charge in [0.1, 0.15) is 0 Å². The average Bonchev–Trinajstić information content (AvgIpc) is 3.03. The molecule has 1 aromatic carbocycles. The number of benzene rings is 1. The van der Waals surface area contributed by atoms with Crippen LogP contribution in [0.4, 0.5) is 5.69 Å². The van der Waals surface area contributed by atoms with E-state index in [4.69, 9.17) is 0 Å². The highest BCUT2D eigenvalue weighted by Gasteiger charge is 2.36. The second-order valence-corrected chi connectivity index (χ2v) is 6.47. The zero-order valence-electron chi connectivity index (χ0n) is 11.9. The number of fused-ring (bicyclic) bond motifs is 1. The molecule has 20 heavy (non-hydrogen) atoms. The van der Waals surface area contributed by atoms with Crippen LogP contribution < -0.4 is 10.2 Å². The lowest BCUT2D eigenvalue weighted by Crippen LogP contribution is -2.30. The summed E-state index contributed by atoms with van der Waals surface area (Å²) in [6.07, 6.45) is 6.94. The van der Waals surface area contributed by atoms with E-state index in [9.17, 15) is 4.79 Å². The van der Waals surface area contributed by atoms with Crippen molar-refractivity contribution in [2.24, 2.45) is 5.92 Å². The summed E-state index contributed by atoms with van der Waals surface area (Å²) < 4.78 is 0. The molecule has 0 aromatic heterocycles. The lowest BCUT2D eigenvalue weighted by Gasteiger charge is -2.17. The number of hydrogen-bond donors (Lipinski definition) is 1. The van der Waals surface area contributed by atoms with Crippen LogP contribution >= 0.6 is 0 Å². The van der Waals surface area contributed by atoms with Crippen molar-refractivity contribution in [1.82, 2.24) is 5.32 Å². The minimum Gasteiger partial charge on any atom is -0.314 e. The van der Waals surface area contributed by atoms with Crippen molar-refractivity contribution in [2.75, 3.05) is 18.0 Å². The molecule has 0 spiro atoms. The van der Waals surface area contributed by atoms with Crippen LogP contribution in [-0.4, -0.2) is 25.0 Å². The summed E-state index contributed by atoms with van der Waals surface area (Å²) in [5.74, 6) is 0.678. The Labute approximate surface area is 120 Å². The van der Waals surface area contributed by atoms with E-state index in [-0.39, 0.29) is 0 Å². The molecular weight excluding hydrogens is 248 g/mol. The van der Waals surface area contributed by atoms with Crippen LogP contribution in [0.2, 0.25) is 0 Å². The molecule has 2 heterocycles. The van der Waals surface area contributed by atoms with Gasteiger partial charge in [-0.2, -0.15) is 0 Å². The summed E-state index contributed by atoms with van der Waals surface area (Å²) in [5, 5.41) is 3.56. The third kappa shape index (κ3) is 2.24. The molecule has 0 bridgehead atoms. The zero-order valence-corrected chi connectivity index (χ0v) is 11.9. The molecule has 1 saturated carbocycles. The molecule has 1 atom stereocenters. The number of nitrogens with one attached hydrogen (secondary N) is 1. The van der Waals surface area contributed by atoms with Crippen molar-refractivity contribution in [3.63, 3.8) is 0 Å². The van der Waals surface area contributed by atoms with E-state index in [1.165, 1.54) is 36.2 Å². The number of rotatable bonds is 3. The largest absolute Gasteiger partial charge is 0.314 e. The first kappa shape index (κ1) is 12.4. The lowest BCUT2D eigenvalue weighted by molar-refractivity contribution is -0.119. The number of nitrogens with zero attached hydrogens (tertiary/aromatic N) is 1. The molecule has 1 aromatic rings. The maximum absolute atomic E-state index is 12.2. The fourth-order valence-corrected chi connectivity index (χ4v) is 3.58. The van der Waals surface area contributed by atoms with Crippen LogP contribution in [0, 0.1) is 5.92 Å². The quantitative estimate of drug-likeness (QED) is 0.914. The molecule has 1 amide bonds. The van der Waals surface area contributed by atoms with E-state index in [2.05, 4.69) is 23.5 Å². The topological polar surface area (TPSA) is 32.3 Å². The van der Waals surface area contributed by atoms with Crippen molar-refractivity contribution in [3.05, 3.63) is 29.3 Å². The van der Waals surface area contributed by atoms with E-state index in [1.807, 2.05) is 4.90 Å². The van der Waals surface area contributed by atoms with Crippen LogP contribution in [0.25, 0.3) is 0 Å². The summed E-state index contributed by atoms with van der Waals surface area (Å²) >= 11 is 0. The summed E-state index contributed by atoms with van der Waals surface area (Å²) in [4.78, 5) is 14.3. The van der Waals surface area contributed by atoms with Gasteiger partial charge in [0.05, 0.1) is 0 Å². The van der Waals surface area contributed by atoms with E-state index in [0.717, 1.165) is 32.2 Å². The molecule has 1 N–H and O–H groups in total. The Kier molecular flexibility index (Phi) is 3.03. The van der Waals surface area contributed by atoms with Gasteiger partial charge in [0, 0.05) is 24.2 Å². The average molecular weight is 270 g/mol. The highest BCUT2D eigenvalue weighted by atomic mass is 16.2. The van der Waals surface area contributed by atoms with Crippen molar-refractivity contribution in [1.29, 1.82) is 0 Å². The summed E-state index contributed by atoms with van der Waals surface area (Å²) in [7, 11) is 0. The van der Waals surface area contributed by atoms with Crippen molar-refractivity contribution < 1.29 is 4.79 Å². The minimum atomic E-state index is 0.323. The molecule has 1 aliphatic carbocycles. The van der Waals surface area contributed by atoms with Gasteiger partial charge in [-0.25, -0.2) is 0 Å². The summed E-state index contributed by atoms with van der Waals surface area (Å²) in [6, 6.07) is 7.37. The fraction of sp³-hybridized carbons (Fsp3) is 0.588. The Balaban J connectivity index is 1.51. The van der Waals surface area contributed by atoms with Crippen LogP contribution in [0.15, 0.2) is 18.2 Å². The van der Waals surface area contributed by atoms with Gasteiger partial charge in [0.15, 0.2) is 0 Å². The van der Waals surface area contributed by atoms with Crippen molar-refractivity contribution >= 4 is 11.6 Å². The van der Waals surface area contributed by atoms with Crippen LogP contribution in [0.5, 0.6) is 0 Å². The molecule has 106 valence electrons. The smallest absolute Gasteiger partial charge is 0.230 e.